The molecular weight excluding hydrogens is 427 g/mol. The molecule has 31 heavy (non-hydrogen) atoms. The number of nitrogens with zero attached hydrogens (tertiary/aromatic N) is 4. The van der Waals surface area contributed by atoms with E-state index in [2.05, 4.69) is 19.5 Å². The van der Waals surface area contributed by atoms with E-state index in [4.69, 9.17) is 14.2 Å². The van der Waals surface area contributed by atoms with Gasteiger partial charge in [0.2, 0.25) is 0 Å². The molecule has 12 heteroatoms. The molecule has 0 radical (unpaired) electrons. The van der Waals surface area contributed by atoms with Crippen LogP contribution in [0.4, 0.5) is 0 Å². The van der Waals surface area contributed by atoms with Crippen molar-refractivity contribution in [1.82, 2.24) is 19.5 Å². The van der Waals surface area contributed by atoms with Crippen molar-refractivity contribution in [2.75, 3.05) is 6.61 Å². The minimum atomic E-state index is -5.16. The van der Waals surface area contributed by atoms with Crippen molar-refractivity contribution in [1.29, 1.82) is 0 Å². The van der Waals surface area contributed by atoms with Crippen molar-refractivity contribution in [3.8, 4) is 11.3 Å². The molecule has 0 saturated carbocycles. The molecule has 3 aromatic rings. The minimum Gasteiger partial charge on any atom is -0.790 e. The lowest BCUT2D eigenvalue weighted by Gasteiger charge is -2.31. The summed E-state index contributed by atoms with van der Waals surface area (Å²) in [6, 6.07) is 9.59. The quantitative estimate of drug-likeness (QED) is 0.515. The predicted octanol–water partition coefficient (Wildman–Crippen LogP) is 0.756. The number of ether oxygens (including phenoxy) is 3. The first-order valence-corrected chi connectivity index (χ1v) is 11.1. The van der Waals surface area contributed by atoms with Crippen LogP contribution in [0, 0.1) is 0 Å². The zero-order valence-electron chi connectivity index (χ0n) is 16.7. The fourth-order valence-corrected chi connectivity index (χ4v) is 4.36. The Balaban J connectivity index is 1.51. The third kappa shape index (κ3) is 3.90. The molecule has 2 saturated heterocycles. The lowest BCUT2D eigenvalue weighted by molar-refractivity contribution is -0.343. The Labute approximate surface area is 177 Å². The molecule has 0 amide bonds. The zero-order valence-corrected chi connectivity index (χ0v) is 17.5. The summed E-state index contributed by atoms with van der Waals surface area (Å²) < 4.78 is 35.0. The number of fused-ring (bicyclic) bond motifs is 2. The van der Waals surface area contributed by atoms with Gasteiger partial charge in [-0.2, -0.15) is 0 Å². The second-order valence-corrected chi connectivity index (χ2v) is 8.94. The summed E-state index contributed by atoms with van der Waals surface area (Å²) in [6.45, 7) is 3.01. The van der Waals surface area contributed by atoms with Gasteiger partial charge in [0.25, 0.3) is 0 Å². The molecule has 164 valence electrons. The maximum absolute atomic E-state index is 11.0. The number of hydrogen-bond donors (Lipinski definition) is 0. The van der Waals surface area contributed by atoms with Crippen molar-refractivity contribution < 1.29 is 33.1 Å². The van der Waals surface area contributed by atoms with Crippen LogP contribution in [0.3, 0.4) is 0 Å². The topological polar surface area (TPSA) is 144 Å². The lowest BCUT2D eigenvalue weighted by atomic mass is 10.1. The van der Waals surface area contributed by atoms with Gasteiger partial charge < -0.3 is 33.1 Å². The highest BCUT2D eigenvalue weighted by Crippen LogP contribution is 2.44. The van der Waals surface area contributed by atoms with Gasteiger partial charge >= 0.3 is 0 Å². The third-order valence-corrected chi connectivity index (χ3v) is 5.67. The molecule has 4 heterocycles. The lowest BCUT2D eigenvalue weighted by Crippen LogP contribution is -2.34. The highest BCUT2D eigenvalue weighted by molar-refractivity contribution is 7.43. The number of aromatic nitrogens is 4. The maximum atomic E-state index is 11.0. The van der Waals surface area contributed by atoms with Crippen molar-refractivity contribution >= 4 is 19.0 Å². The Morgan fingerprint density at radius 1 is 1.13 bits per heavy atom. The average molecular weight is 446 g/mol. The summed E-state index contributed by atoms with van der Waals surface area (Å²) in [6.07, 6.45) is 0.227. The van der Waals surface area contributed by atoms with Gasteiger partial charge in [0.1, 0.15) is 35.8 Å². The molecule has 2 aliphatic rings. The van der Waals surface area contributed by atoms with E-state index >= 15 is 0 Å². The summed E-state index contributed by atoms with van der Waals surface area (Å²) in [4.78, 5) is 35.1. The van der Waals surface area contributed by atoms with Crippen LogP contribution < -0.4 is 9.79 Å². The van der Waals surface area contributed by atoms with Gasteiger partial charge in [-0.05, 0) is 13.8 Å². The first kappa shape index (κ1) is 20.7. The first-order chi connectivity index (χ1) is 14.7. The molecule has 4 unspecified atom stereocenters. The average Bonchev–Trinajstić information content (AvgIpc) is 3.37. The highest BCUT2D eigenvalue weighted by atomic mass is 31.2. The molecule has 1 aromatic carbocycles. The van der Waals surface area contributed by atoms with Crippen molar-refractivity contribution in [2.24, 2.45) is 0 Å². The van der Waals surface area contributed by atoms with Gasteiger partial charge in [0.15, 0.2) is 17.7 Å². The Morgan fingerprint density at radius 3 is 2.61 bits per heavy atom. The van der Waals surface area contributed by atoms with E-state index in [9.17, 15) is 14.4 Å². The number of phosphoric ester groups is 1. The van der Waals surface area contributed by atoms with Gasteiger partial charge in [-0.15, -0.1) is 0 Å². The van der Waals surface area contributed by atoms with Crippen LogP contribution in [-0.2, 0) is 23.3 Å². The van der Waals surface area contributed by atoms with Crippen LogP contribution in [0.25, 0.3) is 22.4 Å². The zero-order chi connectivity index (χ0) is 21.8. The Hall–Kier alpha value is -2.24. The van der Waals surface area contributed by atoms with Crippen LogP contribution in [0.2, 0.25) is 0 Å². The molecule has 0 spiro atoms. The summed E-state index contributed by atoms with van der Waals surface area (Å²) in [5.41, 5.74) is 2.65. The summed E-state index contributed by atoms with van der Waals surface area (Å²) in [5, 5.41) is 0. The highest BCUT2D eigenvalue weighted by Gasteiger charge is 2.56. The fraction of sp³-hybridized carbons (Fsp3) is 0.421. The molecule has 0 bridgehead atoms. The third-order valence-electron chi connectivity index (χ3n) is 5.20. The number of phosphoric acid groups is 1. The van der Waals surface area contributed by atoms with Crippen molar-refractivity contribution in [3.05, 3.63) is 43.0 Å². The molecule has 4 atom stereocenters. The fourth-order valence-electron chi connectivity index (χ4n) is 4.03. The maximum Gasteiger partial charge on any atom is 0.166 e. The van der Waals surface area contributed by atoms with Gasteiger partial charge in [0.05, 0.1) is 20.8 Å². The number of benzene rings is 1. The van der Waals surface area contributed by atoms with Gasteiger partial charge in [0, 0.05) is 5.56 Å². The summed E-state index contributed by atoms with van der Waals surface area (Å²) in [5.74, 6) is -0.922. The second-order valence-electron chi connectivity index (χ2n) is 7.79. The number of rotatable bonds is 5. The van der Waals surface area contributed by atoms with Crippen molar-refractivity contribution in [2.45, 2.75) is 44.2 Å². The Kier molecular flexibility index (Phi) is 4.94. The SMILES string of the molecule is CC1(C)OC2C(COP(=O)([O-])[O-])OC(n3cnc4c(-c5ccccc5)ncnc43)C2O1. The van der Waals surface area contributed by atoms with Gasteiger partial charge in [-0.25, -0.2) is 15.0 Å². The van der Waals surface area contributed by atoms with Crippen LogP contribution in [0.5, 0.6) is 0 Å². The minimum absolute atomic E-state index is 0.474. The van der Waals surface area contributed by atoms with Crippen LogP contribution in [0.1, 0.15) is 20.1 Å². The standard InChI is InChI=1S/C19H21N4O7P/c1-19(2)29-15-12(8-27-31(24,25)26)28-18(16(15)30-19)23-10-22-14-13(20-9-21-17(14)23)11-6-4-3-5-7-11/h3-7,9-10,12,15-16,18H,8H2,1-2H3,(H2,24,25,26)/p-2. The second kappa shape index (κ2) is 7.42. The molecule has 5 rings (SSSR count). The molecule has 2 aliphatic heterocycles. The smallest absolute Gasteiger partial charge is 0.166 e. The van der Waals surface area contributed by atoms with Gasteiger partial charge in [-0.1, -0.05) is 30.3 Å². The Bertz CT molecular complexity index is 1150. The van der Waals surface area contributed by atoms with Crippen LogP contribution in [-0.4, -0.2) is 50.2 Å². The van der Waals surface area contributed by atoms with E-state index in [0.717, 1.165) is 5.56 Å². The monoisotopic (exact) mass is 446 g/mol. The van der Waals surface area contributed by atoms with E-state index in [-0.39, 0.29) is 0 Å². The van der Waals surface area contributed by atoms with E-state index in [0.29, 0.717) is 16.9 Å². The van der Waals surface area contributed by atoms with E-state index in [1.807, 2.05) is 30.3 Å². The van der Waals surface area contributed by atoms with E-state index in [1.165, 1.54) is 6.33 Å². The van der Waals surface area contributed by atoms with Crippen LogP contribution >= 0.6 is 7.82 Å². The van der Waals surface area contributed by atoms with E-state index < -0.39 is 44.8 Å². The molecule has 2 aromatic heterocycles. The molecular formula is C19H19N4O7P-2. The number of hydrogen-bond acceptors (Lipinski definition) is 10. The normalized spacial score (nSPS) is 27.6. The molecule has 11 nitrogen and oxygen atoms in total. The largest absolute Gasteiger partial charge is 0.790 e. The molecule has 2 fully saturated rings. The number of imidazole rings is 1. The van der Waals surface area contributed by atoms with Crippen molar-refractivity contribution in [3.63, 3.8) is 0 Å². The molecule has 0 N–H and O–H groups in total. The predicted molar refractivity (Wildman–Crippen MR) is 102 cm³/mol. The summed E-state index contributed by atoms with van der Waals surface area (Å²) in [7, 11) is -5.16. The van der Waals surface area contributed by atoms with Crippen LogP contribution in [0.15, 0.2) is 43.0 Å². The van der Waals surface area contributed by atoms with E-state index in [1.54, 1.807) is 24.7 Å². The summed E-state index contributed by atoms with van der Waals surface area (Å²) >= 11 is 0. The first-order valence-electron chi connectivity index (χ1n) is 9.62. The molecule has 0 aliphatic carbocycles. The van der Waals surface area contributed by atoms with Gasteiger partial charge in [-0.3, -0.25) is 4.57 Å². The Morgan fingerprint density at radius 2 is 1.87 bits per heavy atom.